The van der Waals surface area contributed by atoms with E-state index in [1.807, 2.05) is 0 Å². The van der Waals surface area contributed by atoms with E-state index in [4.69, 9.17) is 0 Å². The summed E-state index contributed by atoms with van der Waals surface area (Å²) in [6, 6.07) is 0. The molecule has 1 aliphatic rings. The molecule has 8 heteroatoms. The topological polar surface area (TPSA) is 69.8 Å². The molecule has 106 valence electrons. The average Bonchev–Trinajstić information content (AvgIpc) is 2.90. The second kappa shape index (κ2) is 4.84. The molecule has 3 N–H and O–H groups in total. The lowest BCUT2D eigenvalue weighted by atomic mass is 9.94. The second-order valence-electron chi connectivity index (χ2n) is 4.71. The Labute approximate surface area is 108 Å². The summed E-state index contributed by atoms with van der Waals surface area (Å²) in [7, 11) is 0. The number of hydrogen-bond donors (Lipinski definition) is 3. The summed E-state index contributed by atoms with van der Waals surface area (Å²) in [6.45, 7) is 3.19. The SMILES string of the molecule is Cc1n[nH]c(C)c1NC(=O)[C@@H]1CNC[C@H]1C(F)(F)F. The largest absolute Gasteiger partial charge is 0.393 e. The van der Waals surface area contributed by atoms with Gasteiger partial charge in [0.2, 0.25) is 5.91 Å². The van der Waals surface area contributed by atoms with Crippen LogP contribution in [0, 0.1) is 25.7 Å². The van der Waals surface area contributed by atoms with Gasteiger partial charge in [-0.05, 0) is 13.8 Å². The highest BCUT2D eigenvalue weighted by molar-refractivity contribution is 5.94. The molecule has 19 heavy (non-hydrogen) atoms. The third kappa shape index (κ3) is 2.73. The summed E-state index contributed by atoms with van der Waals surface area (Å²) >= 11 is 0. The van der Waals surface area contributed by atoms with E-state index in [1.165, 1.54) is 0 Å². The molecule has 0 saturated carbocycles. The van der Waals surface area contributed by atoms with E-state index in [0.29, 0.717) is 17.1 Å². The lowest BCUT2D eigenvalue weighted by molar-refractivity contribution is -0.181. The summed E-state index contributed by atoms with van der Waals surface area (Å²) < 4.78 is 38.3. The van der Waals surface area contributed by atoms with E-state index in [0.717, 1.165) is 0 Å². The number of amides is 1. The van der Waals surface area contributed by atoms with Gasteiger partial charge in [-0.15, -0.1) is 0 Å². The number of nitrogens with one attached hydrogen (secondary N) is 3. The van der Waals surface area contributed by atoms with Crippen molar-refractivity contribution < 1.29 is 18.0 Å². The Bertz CT molecular complexity index is 463. The molecule has 0 aliphatic carbocycles. The number of alkyl halides is 3. The van der Waals surface area contributed by atoms with Crippen molar-refractivity contribution in [1.82, 2.24) is 15.5 Å². The van der Waals surface area contributed by atoms with Crippen LogP contribution >= 0.6 is 0 Å². The van der Waals surface area contributed by atoms with Gasteiger partial charge in [0, 0.05) is 13.1 Å². The summed E-state index contributed by atoms with van der Waals surface area (Å²) in [5, 5.41) is 11.7. The predicted octanol–water partition coefficient (Wildman–Crippen LogP) is 1.36. The fourth-order valence-electron chi connectivity index (χ4n) is 2.25. The monoisotopic (exact) mass is 276 g/mol. The minimum absolute atomic E-state index is 0.0337. The zero-order valence-corrected chi connectivity index (χ0v) is 10.6. The molecule has 1 amide bonds. The number of aromatic amines is 1. The molecule has 1 aromatic heterocycles. The minimum Gasteiger partial charge on any atom is -0.323 e. The summed E-state index contributed by atoms with van der Waals surface area (Å²) in [5.74, 6) is -3.37. The molecular weight excluding hydrogens is 261 g/mol. The van der Waals surface area contributed by atoms with Crippen LogP contribution in [-0.4, -0.2) is 35.4 Å². The molecule has 0 radical (unpaired) electrons. The summed E-state index contributed by atoms with van der Waals surface area (Å²) in [5.41, 5.74) is 1.64. The number of carbonyl (C=O) groups is 1. The number of nitrogens with zero attached hydrogens (tertiary/aromatic N) is 1. The first-order valence-electron chi connectivity index (χ1n) is 5.90. The smallest absolute Gasteiger partial charge is 0.323 e. The second-order valence-corrected chi connectivity index (χ2v) is 4.71. The van der Waals surface area contributed by atoms with Crippen LogP contribution in [0.2, 0.25) is 0 Å². The molecule has 1 aliphatic heterocycles. The summed E-state index contributed by atoms with van der Waals surface area (Å²) in [4.78, 5) is 12.0. The fourth-order valence-corrected chi connectivity index (χ4v) is 2.25. The molecule has 1 fully saturated rings. The zero-order chi connectivity index (χ0) is 14.2. The third-order valence-corrected chi connectivity index (χ3v) is 3.35. The Balaban J connectivity index is 2.12. The quantitative estimate of drug-likeness (QED) is 0.764. The first-order chi connectivity index (χ1) is 8.80. The van der Waals surface area contributed by atoms with Gasteiger partial charge in [-0.1, -0.05) is 0 Å². The molecule has 5 nitrogen and oxygen atoms in total. The molecule has 0 bridgehead atoms. The van der Waals surface area contributed by atoms with Crippen molar-refractivity contribution in [2.24, 2.45) is 11.8 Å². The number of aromatic nitrogens is 2. The van der Waals surface area contributed by atoms with Gasteiger partial charge in [-0.3, -0.25) is 9.89 Å². The summed E-state index contributed by atoms with van der Waals surface area (Å²) in [6.07, 6.45) is -4.37. The van der Waals surface area contributed by atoms with Crippen molar-refractivity contribution in [3.63, 3.8) is 0 Å². The first kappa shape index (κ1) is 13.9. The van der Waals surface area contributed by atoms with E-state index in [-0.39, 0.29) is 13.1 Å². The van der Waals surface area contributed by atoms with Crippen LogP contribution in [0.25, 0.3) is 0 Å². The van der Waals surface area contributed by atoms with Crippen molar-refractivity contribution >= 4 is 11.6 Å². The third-order valence-electron chi connectivity index (χ3n) is 3.35. The van der Waals surface area contributed by atoms with Gasteiger partial charge in [-0.25, -0.2) is 0 Å². The molecule has 0 aromatic carbocycles. The Kier molecular flexibility index (Phi) is 3.53. The van der Waals surface area contributed by atoms with Gasteiger partial charge in [0.25, 0.3) is 0 Å². The molecule has 0 unspecified atom stereocenters. The molecule has 2 rings (SSSR count). The highest BCUT2D eigenvalue weighted by atomic mass is 19.4. The average molecular weight is 276 g/mol. The van der Waals surface area contributed by atoms with Crippen LogP contribution in [0.4, 0.5) is 18.9 Å². The van der Waals surface area contributed by atoms with Crippen molar-refractivity contribution in [3.05, 3.63) is 11.4 Å². The van der Waals surface area contributed by atoms with Gasteiger partial charge in [0.05, 0.1) is 28.9 Å². The van der Waals surface area contributed by atoms with Crippen LogP contribution in [-0.2, 0) is 4.79 Å². The van der Waals surface area contributed by atoms with Gasteiger partial charge in [0.15, 0.2) is 0 Å². The van der Waals surface area contributed by atoms with Crippen molar-refractivity contribution in [2.45, 2.75) is 20.0 Å². The minimum atomic E-state index is -4.37. The van der Waals surface area contributed by atoms with E-state index >= 15 is 0 Å². The first-order valence-corrected chi connectivity index (χ1v) is 5.90. The highest BCUT2D eigenvalue weighted by Crippen LogP contribution is 2.35. The maximum Gasteiger partial charge on any atom is 0.393 e. The van der Waals surface area contributed by atoms with Gasteiger partial charge < -0.3 is 10.6 Å². The van der Waals surface area contributed by atoms with Crippen LogP contribution in [0.3, 0.4) is 0 Å². The standard InChI is InChI=1S/C11H15F3N4O/c1-5-9(6(2)18-17-5)16-10(19)7-3-15-4-8(7)11(12,13)14/h7-8,15H,3-4H2,1-2H3,(H,16,19)(H,17,18)/t7-,8-/m1/s1. The molecule has 2 atom stereocenters. The zero-order valence-electron chi connectivity index (χ0n) is 10.6. The fraction of sp³-hybridized carbons (Fsp3) is 0.636. The van der Waals surface area contributed by atoms with E-state index in [1.54, 1.807) is 13.8 Å². The predicted molar refractivity (Wildman–Crippen MR) is 62.6 cm³/mol. The van der Waals surface area contributed by atoms with Crippen molar-refractivity contribution in [1.29, 1.82) is 0 Å². The number of halogens is 3. The number of rotatable bonds is 2. The van der Waals surface area contributed by atoms with Crippen molar-refractivity contribution in [2.75, 3.05) is 18.4 Å². The van der Waals surface area contributed by atoms with E-state index in [2.05, 4.69) is 20.8 Å². The maximum atomic E-state index is 12.8. The van der Waals surface area contributed by atoms with Crippen LogP contribution < -0.4 is 10.6 Å². The van der Waals surface area contributed by atoms with Gasteiger partial charge in [0.1, 0.15) is 0 Å². The molecule has 2 heterocycles. The van der Waals surface area contributed by atoms with E-state index < -0.39 is 23.9 Å². The van der Waals surface area contributed by atoms with Crippen molar-refractivity contribution in [3.8, 4) is 0 Å². The number of H-pyrrole nitrogens is 1. The number of anilines is 1. The van der Waals surface area contributed by atoms with Gasteiger partial charge >= 0.3 is 6.18 Å². The lowest BCUT2D eigenvalue weighted by Gasteiger charge is -2.20. The number of hydrogen-bond acceptors (Lipinski definition) is 3. The Hall–Kier alpha value is -1.57. The number of carbonyl (C=O) groups excluding carboxylic acids is 1. The number of aryl methyl sites for hydroxylation is 2. The lowest BCUT2D eigenvalue weighted by Crippen LogP contribution is -2.36. The highest BCUT2D eigenvalue weighted by Gasteiger charge is 2.49. The normalized spacial score (nSPS) is 23.6. The Morgan fingerprint density at radius 2 is 2.05 bits per heavy atom. The molecular formula is C11H15F3N4O. The molecule has 1 aromatic rings. The maximum absolute atomic E-state index is 12.8. The Morgan fingerprint density at radius 3 is 2.58 bits per heavy atom. The van der Waals surface area contributed by atoms with E-state index in [9.17, 15) is 18.0 Å². The molecule has 1 saturated heterocycles. The van der Waals surface area contributed by atoms with Crippen LogP contribution in [0.15, 0.2) is 0 Å². The van der Waals surface area contributed by atoms with Gasteiger partial charge in [-0.2, -0.15) is 18.3 Å². The van der Waals surface area contributed by atoms with Crippen LogP contribution in [0.1, 0.15) is 11.4 Å². The van der Waals surface area contributed by atoms with Crippen LogP contribution in [0.5, 0.6) is 0 Å². The molecule has 0 spiro atoms. The Morgan fingerprint density at radius 1 is 1.37 bits per heavy atom.